The van der Waals surface area contributed by atoms with Crippen molar-refractivity contribution in [1.29, 1.82) is 0 Å². The summed E-state index contributed by atoms with van der Waals surface area (Å²) in [5, 5.41) is 14.3. The van der Waals surface area contributed by atoms with Gasteiger partial charge >= 0.3 is 0 Å². The maximum Gasteiger partial charge on any atom is 0.273 e. The first-order chi connectivity index (χ1) is 10.8. The highest BCUT2D eigenvalue weighted by molar-refractivity contribution is 7.90. The number of sulfonamides is 1. The SMILES string of the molecule is O=C(CCc1ccsc1)NS(=O)(=O)c1cc(F)cc([N+](=O)[O-])c1. The van der Waals surface area contributed by atoms with Gasteiger partial charge < -0.3 is 0 Å². The Morgan fingerprint density at radius 3 is 2.70 bits per heavy atom. The summed E-state index contributed by atoms with van der Waals surface area (Å²) in [7, 11) is -4.37. The lowest BCUT2D eigenvalue weighted by molar-refractivity contribution is -0.385. The Bertz CT molecular complexity index is 834. The highest BCUT2D eigenvalue weighted by Crippen LogP contribution is 2.20. The lowest BCUT2D eigenvalue weighted by atomic mass is 10.2. The number of nitrogens with one attached hydrogen (secondary N) is 1. The maximum atomic E-state index is 13.3. The molecule has 0 atom stereocenters. The molecular weight excluding hydrogens is 347 g/mol. The molecule has 122 valence electrons. The largest absolute Gasteiger partial charge is 0.274 e. The van der Waals surface area contributed by atoms with Crippen molar-refractivity contribution in [2.75, 3.05) is 0 Å². The van der Waals surface area contributed by atoms with E-state index in [1.807, 2.05) is 16.8 Å². The Hall–Kier alpha value is -2.33. The van der Waals surface area contributed by atoms with E-state index < -0.39 is 37.3 Å². The third-order valence-electron chi connectivity index (χ3n) is 2.85. The number of aryl methyl sites for hydroxylation is 1. The van der Waals surface area contributed by atoms with Crippen molar-refractivity contribution in [2.45, 2.75) is 17.7 Å². The number of halogens is 1. The quantitative estimate of drug-likeness (QED) is 0.629. The molecule has 7 nitrogen and oxygen atoms in total. The van der Waals surface area contributed by atoms with E-state index in [9.17, 15) is 27.7 Å². The lowest BCUT2D eigenvalue weighted by Gasteiger charge is -2.07. The van der Waals surface area contributed by atoms with Gasteiger partial charge in [0.15, 0.2) is 0 Å². The predicted octanol–water partition coefficient (Wildman–Crippen LogP) is 2.23. The zero-order chi connectivity index (χ0) is 17.0. The summed E-state index contributed by atoms with van der Waals surface area (Å²) in [6.45, 7) is 0. The number of amides is 1. The Labute approximate surface area is 135 Å². The number of rotatable bonds is 6. The molecule has 1 aromatic heterocycles. The molecule has 0 fully saturated rings. The van der Waals surface area contributed by atoms with E-state index in [-0.39, 0.29) is 6.42 Å². The van der Waals surface area contributed by atoms with Gasteiger partial charge in [-0.05, 0) is 34.9 Å². The number of nitrogens with zero attached hydrogens (tertiary/aromatic N) is 1. The number of thiophene rings is 1. The summed E-state index contributed by atoms with van der Waals surface area (Å²) in [6, 6.07) is 3.71. The number of hydrogen-bond acceptors (Lipinski definition) is 6. The van der Waals surface area contributed by atoms with Gasteiger partial charge in [0.05, 0.1) is 15.9 Å². The summed E-state index contributed by atoms with van der Waals surface area (Å²) >= 11 is 1.45. The van der Waals surface area contributed by atoms with Gasteiger partial charge in [0.1, 0.15) is 5.82 Å². The summed E-state index contributed by atoms with van der Waals surface area (Å²) in [4.78, 5) is 20.8. The molecule has 0 saturated carbocycles. The number of benzene rings is 1. The van der Waals surface area contributed by atoms with Crippen molar-refractivity contribution in [3.8, 4) is 0 Å². The van der Waals surface area contributed by atoms with E-state index in [0.29, 0.717) is 24.6 Å². The van der Waals surface area contributed by atoms with Crippen LogP contribution in [0.5, 0.6) is 0 Å². The molecule has 0 unspecified atom stereocenters. The minimum atomic E-state index is -4.37. The van der Waals surface area contributed by atoms with Gasteiger partial charge in [-0.15, -0.1) is 0 Å². The van der Waals surface area contributed by atoms with Crippen molar-refractivity contribution < 1.29 is 22.5 Å². The van der Waals surface area contributed by atoms with Crippen LogP contribution in [0.15, 0.2) is 39.9 Å². The maximum absolute atomic E-state index is 13.3. The third kappa shape index (κ3) is 4.57. The number of hydrogen-bond donors (Lipinski definition) is 1. The standard InChI is InChI=1S/C13H11FN2O5S2/c14-10-5-11(16(18)19)7-12(6-10)23(20,21)15-13(17)2-1-9-3-4-22-8-9/h3-8H,1-2H2,(H,15,17). The molecule has 10 heteroatoms. The van der Waals surface area contributed by atoms with Gasteiger partial charge in [-0.1, -0.05) is 0 Å². The van der Waals surface area contributed by atoms with Crippen LogP contribution in [-0.2, 0) is 21.2 Å². The second-order valence-corrected chi connectivity index (χ2v) is 7.02. The van der Waals surface area contributed by atoms with Crippen molar-refractivity contribution in [3.05, 3.63) is 56.5 Å². The minimum absolute atomic E-state index is 0.0760. The van der Waals surface area contributed by atoms with E-state index in [0.717, 1.165) is 5.56 Å². The Morgan fingerprint density at radius 1 is 1.35 bits per heavy atom. The zero-order valence-corrected chi connectivity index (χ0v) is 13.2. The fraction of sp³-hybridized carbons (Fsp3) is 0.154. The highest BCUT2D eigenvalue weighted by Gasteiger charge is 2.22. The van der Waals surface area contributed by atoms with Crippen LogP contribution in [0.1, 0.15) is 12.0 Å². The first-order valence-corrected chi connectivity index (χ1v) is 8.72. The summed E-state index contributed by atoms with van der Waals surface area (Å²) < 4.78 is 39.1. The molecule has 23 heavy (non-hydrogen) atoms. The van der Waals surface area contributed by atoms with Crippen LogP contribution in [0.3, 0.4) is 0 Å². The number of non-ortho nitro benzene ring substituents is 1. The average molecular weight is 358 g/mol. The van der Waals surface area contributed by atoms with Crippen LogP contribution >= 0.6 is 11.3 Å². The van der Waals surface area contributed by atoms with Crippen LogP contribution in [0.25, 0.3) is 0 Å². The molecule has 1 heterocycles. The topological polar surface area (TPSA) is 106 Å². The number of carbonyl (C=O) groups is 1. The van der Waals surface area contributed by atoms with E-state index in [4.69, 9.17) is 0 Å². The van der Waals surface area contributed by atoms with Gasteiger partial charge in [-0.3, -0.25) is 14.9 Å². The minimum Gasteiger partial charge on any atom is -0.274 e. The second kappa shape index (κ2) is 6.84. The molecule has 0 aliphatic heterocycles. The number of nitro benzene ring substituents is 1. The Balaban J connectivity index is 2.12. The first kappa shape index (κ1) is 17.0. The van der Waals surface area contributed by atoms with Crippen molar-refractivity contribution in [1.82, 2.24) is 4.72 Å². The van der Waals surface area contributed by atoms with Crippen molar-refractivity contribution >= 4 is 33.0 Å². The van der Waals surface area contributed by atoms with Crippen LogP contribution < -0.4 is 4.72 Å². The molecule has 0 bridgehead atoms. The summed E-state index contributed by atoms with van der Waals surface area (Å²) in [5.41, 5.74) is 0.181. The normalized spacial score (nSPS) is 11.2. The van der Waals surface area contributed by atoms with E-state index in [1.54, 1.807) is 4.72 Å². The third-order valence-corrected chi connectivity index (χ3v) is 4.93. The second-order valence-electron chi connectivity index (χ2n) is 4.56. The Kier molecular flexibility index (Phi) is 5.06. The van der Waals surface area contributed by atoms with Crippen molar-refractivity contribution in [2.24, 2.45) is 0 Å². The van der Waals surface area contributed by atoms with E-state index in [2.05, 4.69) is 0 Å². The Morgan fingerprint density at radius 2 is 2.09 bits per heavy atom. The van der Waals surface area contributed by atoms with Crippen LogP contribution in [0, 0.1) is 15.9 Å². The van der Waals surface area contributed by atoms with Gasteiger partial charge in [0.25, 0.3) is 15.7 Å². The van der Waals surface area contributed by atoms with Gasteiger partial charge in [0.2, 0.25) is 5.91 Å². The fourth-order valence-corrected chi connectivity index (χ4v) is 3.53. The van der Waals surface area contributed by atoms with E-state index >= 15 is 0 Å². The van der Waals surface area contributed by atoms with Crippen molar-refractivity contribution in [3.63, 3.8) is 0 Å². The van der Waals surface area contributed by atoms with Crippen LogP contribution in [0.4, 0.5) is 10.1 Å². The summed E-state index contributed by atoms with van der Waals surface area (Å²) in [5.74, 6) is -1.85. The first-order valence-electron chi connectivity index (χ1n) is 6.29. The molecule has 2 rings (SSSR count). The molecule has 0 radical (unpaired) electrons. The average Bonchev–Trinajstić information content (AvgIpc) is 2.97. The van der Waals surface area contributed by atoms with Crippen LogP contribution in [0.2, 0.25) is 0 Å². The van der Waals surface area contributed by atoms with Crippen LogP contribution in [-0.4, -0.2) is 19.2 Å². The molecule has 0 saturated heterocycles. The van der Waals surface area contributed by atoms with Gasteiger partial charge in [0, 0.05) is 12.5 Å². The van der Waals surface area contributed by atoms with Gasteiger partial charge in [-0.25, -0.2) is 17.5 Å². The number of nitro groups is 1. The molecule has 1 N–H and O–H groups in total. The molecule has 2 aromatic rings. The fourth-order valence-electron chi connectivity index (χ4n) is 1.76. The number of carbonyl (C=O) groups excluding carboxylic acids is 1. The molecule has 0 aliphatic rings. The van der Waals surface area contributed by atoms with Gasteiger partial charge in [-0.2, -0.15) is 11.3 Å². The predicted molar refractivity (Wildman–Crippen MR) is 81.0 cm³/mol. The zero-order valence-electron chi connectivity index (χ0n) is 11.6. The molecular formula is C13H11FN2O5S2. The molecule has 1 aromatic carbocycles. The highest BCUT2D eigenvalue weighted by atomic mass is 32.2. The van der Waals surface area contributed by atoms with E-state index in [1.165, 1.54) is 11.3 Å². The monoisotopic (exact) mass is 358 g/mol. The molecule has 0 spiro atoms. The molecule has 1 amide bonds. The summed E-state index contributed by atoms with van der Waals surface area (Å²) in [6.07, 6.45) is 0.279. The lowest BCUT2D eigenvalue weighted by Crippen LogP contribution is -2.30. The molecule has 0 aliphatic carbocycles. The smallest absolute Gasteiger partial charge is 0.273 e.